The van der Waals surface area contributed by atoms with Crippen LogP contribution in [-0.4, -0.2) is 36.8 Å². The van der Waals surface area contributed by atoms with Crippen LogP contribution in [0.15, 0.2) is 22.7 Å². The maximum atomic E-state index is 11.5. The second kappa shape index (κ2) is 5.90. The molecule has 0 radical (unpaired) electrons. The number of carbonyl (C=O) groups is 1. The van der Waals surface area contributed by atoms with Gasteiger partial charge in [0.1, 0.15) is 6.04 Å². The number of nitrogens with zero attached hydrogens (tertiary/aromatic N) is 1. The summed E-state index contributed by atoms with van der Waals surface area (Å²) in [5.74, 6) is -0.397. The van der Waals surface area contributed by atoms with E-state index in [9.17, 15) is 9.90 Å². The number of morpholine rings is 1. The monoisotopic (exact) mass is 328 g/mol. The minimum Gasteiger partial charge on any atom is -0.389 e. The zero-order valence-corrected chi connectivity index (χ0v) is 12.3. The van der Waals surface area contributed by atoms with Crippen molar-refractivity contribution in [1.82, 2.24) is 0 Å². The Morgan fingerprint density at radius 2 is 2.37 bits per heavy atom. The molecule has 0 aliphatic carbocycles. The van der Waals surface area contributed by atoms with E-state index >= 15 is 0 Å². The average molecular weight is 329 g/mol. The Hall–Kier alpha value is -1.11. The molecule has 1 amide bonds. The van der Waals surface area contributed by atoms with Crippen LogP contribution in [0.25, 0.3) is 0 Å². The van der Waals surface area contributed by atoms with Gasteiger partial charge < -0.3 is 20.5 Å². The van der Waals surface area contributed by atoms with Crippen LogP contribution in [0.5, 0.6) is 0 Å². The van der Waals surface area contributed by atoms with E-state index in [1.807, 2.05) is 23.1 Å². The van der Waals surface area contributed by atoms with E-state index < -0.39 is 18.1 Å². The number of amides is 1. The first-order chi connectivity index (χ1) is 9.00. The summed E-state index contributed by atoms with van der Waals surface area (Å²) >= 11 is 3.48. The standard InChI is InChI=1S/C13H17BrN2O3/c1-8(17)9-2-3-11(10(14)6-9)16-4-5-19-7-12(16)13(15)18/h2-3,6,8,12,17H,4-5,7H2,1H3,(H2,15,18)/t8-,12?/m1/s1. The molecule has 1 aromatic carbocycles. The molecule has 0 saturated carbocycles. The largest absolute Gasteiger partial charge is 0.389 e. The molecule has 104 valence electrons. The third-order valence-corrected chi connectivity index (χ3v) is 3.86. The van der Waals surface area contributed by atoms with E-state index in [2.05, 4.69) is 15.9 Å². The number of benzene rings is 1. The number of halogens is 1. The minimum absolute atomic E-state index is 0.305. The maximum Gasteiger partial charge on any atom is 0.242 e. The number of aliphatic hydroxyl groups excluding tert-OH is 1. The molecule has 1 aliphatic heterocycles. The second-order valence-corrected chi connectivity index (χ2v) is 5.43. The summed E-state index contributed by atoms with van der Waals surface area (Å²) in [7, 11) is 0. The van der Waals surface area contributed by atoms with Crippen LogP contribution in [0, 0.1) is 0 Å². The highest BCUT2D eigenvalue weighted by Crippen LogP contribution is 2.31. The molecule has 0 spiro atoms. The first-order valence-corrected chi connectivity index (χ1v) is 6.91. The lowest BCUT2D eigenvalue weighted by Gasteiger charge is -2.36. The Kier molecular flexibility index (Phi) is 4.44. The summed E-state index contributed by atoms with van der Waals surface area (Å²) in [6.45, 7) is 3.19. The Morgan fingerprint density at radius 3 is 2.95 bits per heavy atom. The topological polar surface area (TPSA) is 75.8 Å². The Morgan fingerprint density at radius 1 is 1.63 bits per heavy atom. The number of nitrogens with two attached hydrogens (primary N) is 1. The molecule has 2 rings (SSSR count). The van der Waals surface area contributed by atoms with Crippen molar-refractivity contribution in [3.05, 3.63) is 28.2 Å². The predicted molar refractivity (Wildman–Crippen MR) is 75.9 cm³/mol. The second-order valence-electron chi connectivity index (χ2n) is 4.57. The van der Waals surface area contributed by atoms with Crippen LogP contribution >= 0.6 is 15.9 Å². The molecule has 19 heavy (non-hydrogen) atoms. The fourth-order valence-corrected chi connectivity index (χ4v) is 2.77. The van der Waals surface area contributed by atoms with Gasteiger partial charge in [0.2, 0.25) is 5.91 Å². The van der Waals surface area contributed by atoms with Crippen molar-refractivity contribution in [2.75, 3.05) is 24.7 Å². The number of ether oxygens (including phenoxy) is 1. The number of aliphatic hydroxyl groups is 1. The Balaban J connectivity index is 2.31. The summed E-state index contributed by atoms with van der Waals surface area (Å²) in [6.07, 6.45) is -0.526. The Labute approximate surface area is 120 Å². The molecule has 2 atom stereocenters. The summed E-state index contributed by atoms with van der Waals surface area (Å²) in [6, 6.07) is 5.13. The van der Waals surface area contributed by atoms with Crippen LogP contribution in [0.2, 0.25) is 0 Å². The molecule has 3 N–H and O–H groups in total. The van der Waals surface area contributed by atoms with Crippen LogP contribution in [0.4, 0.5) is 5.69 Å². The summed E-state index contributed by atoms with van der Waals surface area (Å²) in [4.78, 5) is 13.4. The lowest BCUT2D eigenvalue weighted by atomic mass is 10.1. The van der Waals surface area contributed by atoms with E-state index in [0.717, 1.165) is 15.7 Å². The molecule has 1 saturated heterocycles. The molecular formula is C13H17BrN2O3. The molecule has 1 aromatic rings. The highest BCUT2D eigenvalue weighted by atomic mass is 79.9. The molecule has 1 heterocycles. The summed E-state index contributed by atoms with van der Waals surface area (Å²) < 4.78 is 6.13. The lowest BCUT2D eigenvalue weighted by molar-refractivity contribution is -0.121. The van der Waals surface area contributed by atoms with Crippen LogP contribution in [-0.2, 0) is 9.53 Å². The fraction of sp³-hybridized carbons (Fsp3) is 0.462. The number of anilines is 1. The molecule has 0 bridgehead atoms. The molecule has 1 fully saturated rings. The quantitative estimate of drug-likeness (QED) is 0.874. The van der Waals surface area contributed by atoms with Crippen LogP contribution in [0.1, 0.15) is 18.6 Å². The van der Waals surface area contributed by atoms with E-state index in [4.69, 9.17) is 10.5 Å². The minimum atomic E-state index is -0.526. The smallest absolute Gasteiger partial charge is 0.242 e. The molecule has 6 heteroatoms. The van der Waals surface area contributed by atoms with Gasteiger partial charge in [0.15, 0.2) is 0 Å². The summed E-state index contributed by atoms with van der Waals surface area (Å²) in [5.41, 5.74) is 7.11. The SMILES string of the molecule is C[C@@H](O)c1ccc(N2CCOCC2C(N)=O)c(Br)c1. The van der Waals surface area contributed by atoms with Gasteiger partial charge in [-0.05, 0) is 40.5 Å². The van der Waals surface area contributed by atoms with Crippen LogP contribution in [0.3, 0.4) is 0 Å². The van der Waals surface area contributed by atoms with Crippen molar-refractivity contribution in [3.8, 4) is 0 Å². The van der Waals surface area contributed by atoms with Gasteiger partial charge in [-0.25, -0.2) is 0 Å². The third kappa shape index (κ3) is 3.08. The number of carbonyl (C=O) groups excluding carboxylic acids is 1. The zero-order chi connectivity index (χ0) is 14.0. The highest BCUT2D eigenvalue weighted by molar-refractivity contribution is 9.10. The number of primary amides is 1. The van der Waals surface area contributed by atoms with Gasteiger partial charge in [0.25, 0.3) is 0 Å². The average Bonchev–Trinajstić information content (AvgIpc) is 2.38. The lowest BCUT2D eigenvalue weighted by Crippen LogP contribution is -2.52. The van der Waals surface area contributed by atoms with Gasteiger partial charge in [-0.15, -0.1) is 0 Å². The molecular weight excluding hydrogens is 312 g/mol. The maximum absolute atomic E-state index is 11.5. The van der Waals surface area contributed by atoms with Gasteiger partial charge in [-0.1, -0.05) is 6.07 Å². The molecule has 1 aliphatic rings. The van der Waals surface area contributed by atoms with E-state index in [1.54, 1.807) is 6.92 Å². The van der Waals surface area contributed by atoms with Crippen molar-refractivity contribution in [2.24, 2.45) is 5.73 Å². The first-order valence-electron chi connectivity index (χ1n) is 6.12. The van der Waals surface area contributed by atoms with Crippen LogP contribution < -0.4 is 10.6 Å². The number of hydrogen-bond acceptors (Lipinski definition) is 4. The highest BCUT2D eigenvalue weighted by Gasteiger charge is 2.29. The number of hydrogen-bond donors (Lipinski definition) is 2. The van der Waals surface area contributed by atoms with Crippen molar-refractivity contribution in [2.45, 2.75) is 19.1 Å². The van der Waals surface area contributed by atoms with E-state index in [1.165, 1.54) is 0 Å². The molecule has 1 unspecified atom stereocenters. The van der Waals surface area contributed by atoms with Crippen molar-refractivity contribution < 1.29 is 14.6 Å². The van der Waals surface area contributed by atoms with Crippen molar-refractivity contribution in [3.63, 3.8) is 0 Å². The van der Waals surface area contributed by atoms with Gasteiger partial charge in [-0.3, -0.25) is 4.79 Å². The van der Waals surface area contributed by atoms with E-state index in [-0.39, 0.29) is 0 Å². The van der Waals surface area contributed by atoms with Crippen molar-refractivity contribution in [1.29, 1.82) is 0 Å². The van der Waals surface area contributed by atoms with Crippen molar-refractivity contribution >= 4 is 27.5 Å². The zero-order valence-electron chi connectivity index (χ0n) is 10.7. The normalized spacial score (nSPS) is 21.2. The summed E-state index contributed by atoms with van der Waals surface area (Å²) in [5, 5.41) is 9.56. The molecule has 5 nitrogen and oxygen atoms in total. The fourth-order valence-electron chi connectivity index (χ4n) is 2.14. The van der Waals surface area contributed by atoms with E-state index in [0.29, 0.717) is 19.8 Å². The molecule has 0 aromatic heterocycles. The van der Waals surface area contributed by atoms with Gasteiger partial charge in [0.05, 0.1) is 25.0 Å². The third-order valence-electron chi connectivity index (χ3n) is 3.22. The van der Waals surface area contributed by atoms with Gasteiger partial charge in [0, 0.05) is 11.0 Å². The first kappa shape index (κ1) is 14.3. The predicted octanol–water partition coefficient (Wildman–Crippen LogP) is 1.19. The number of rotatable bonds is 3. The Bertz CT molecular complexity index is 479. The van der Waals surface area contributed by atoms with Gasteiger partial charge >= 0.3 is 0 Å². The van der Waals surface area contributed by atoms with Gasteiger partial charge in [-0.2, -0.15) is 0 Å².